The van der Waals surface area contributed by atoms with Crippen LogP contribution in [0.4, 0.5) is 4.79 Å². The number of ketones is 2. The van der Waals surface area contributed by atoms with Crippen LogP contribution in [0.1, 0.15) is 133 Å². The smallest absolute Gasteiger partial charge is 0.315 e. The molecule has 0 aromatic heterocycles. The van der Waals surface area contributed by atoms with Gasteiger partial charge in [-0.2, -0.15) is 0 Å². The number of carbonyl (C=O) groups is 6. The molecule has 282 valence electrons. The van der Waals surface area contributed by atoms with Crippen LogP contribution < -0.4 is 21.3 Å². The normalized spacial score (nSPS) is 18.7. The molecule has 4 unspecified atom stereocenters. The second kappa shape index (κ2) is 24.8. The van der Waals surface area contributed by atoms with Gasteiger partial charge in [0.1, 0.15) is 17.9 Å². The molecule has 0 aromatic rings. The van der Waals surface area contributed by atoms with Gasteiger partial charge in [-0.25, -0.2) is 4.79 Å². The minimum Gasteiger partial charge on any atom is -0.349 e. The molecular formula is C38H69N5O6. The first-order chi connectivity index (χ1) is 23.3. The number of rotatable bonds is 17. The number of likely N-dealkylation sites (tertiary alicyclic amines) is 1. The van der Waals surface area contributed by atoms with Crippen molar-refractivity contribution in [2.24, 2.45) is 23.7 Å². The van der Waals surface area contributed by atoms with Gasteiger partial charge in [0.25, 0.3) is 5.91 Å². The lowest BCUT2D eigenvalue weighted by Crippen LogP contribution is -2.60. The number of hydrogen-bond acceptors (Lipinski definition) is 6. The fourth-order valence-corrected chi connectivity index (χ4v) is 6.50. The maximum Gasteiger partial charge on any atom is 0.315 e. The highest BCUT2D eigenvalue weighted by molar-refractivity contribution is 6.38. The number of nitrogens with one attached hydrogen (secondary N) is 4. The molecule has 1 aliphatic carbocycles. The zero-order valence-corrected chi connectivity index (χ0v) is 32.3. The molecule has 0 radical (unpaired) electrons. The van der Waals surface area contributed by atoms with Gasteiger partial charge in [0.15, 0.2) is 0 Å². The monoisotopic (exact) mass is 692 g/mol. The number of Topliss-reactive ketones (excluding diaryl/α,β-unsaturated/α-hetero) is 2. The summed E-state index contributed by atoms with van der Waals surface area (Å²) in [6.45, 7) is 23.7. The van der Waals surface area contributed by atoms with Crippen LogP contribution in [0.5, 0.6) is 0 Å². The summed E-state index contributed by atoms with van der Waals surface area (Å²) in [5.74, 6) is -2.37. The Morgan fingerprint density at radius 2 is 1.45 bits per heavy atom. The topological polar surface area (TPSA) is 154 Å². The summed E-state index contributed by atoms with van der Waals surface area (Å²) in [5, 5.41) is 11.1. The summed E-state index contributed by atoms with van der Waals surface area (Å²) in [7, 11) is 0. The molecule has 4 N–H and O–H groups in total. The van der Waals surface area contributed by atoms with Crippen LogP contribution in [0.2, 0.25) is 0 Å². The lowest BCUT2D eigenvalue weighted by Gasteiger charge is -2.36. The number of amides is 5. The van der Waals surface area contributed by atoms with Crippen molar-refractivity contribution in [1.29, 1.82) is 0 Å². The van der Waals surface area contributed by atoms with Gasteiger partial charge in [0.05, 0.1) is 6.04 Å². The molecule has 2 rings (SSSR count). The van der Waals surface area contributed by atoms with Crippen molar-refractivity contribution in [2.75, 3.05) is 13.1 Å². The minimum absolute atomic E-state index is 0.00249. The first-order valence-electron chi connectivity index (χ1n) is 18.9. The first kappa shape index (κ1) is 45.8. The van der Waals surface area contributed by atoms with Gasteiger partial charge in [0.2, 0.25) is 17.6 Å². The fraction of sp³-hybridized carbons (Fsp3) is 0.789. The van der Waals surface area contributed by atoms with Crippen LogP contribution >= 0.6 is 0 Å². The number of urea groups is 1. The number of hydrogen-bond donors (Lipinski definition) is 4. The van der Waals surface area contributed by atoms with Gasteiger partial charge < -0.3 is 26.2 Å². The Balaban J connectivity index is 0.00000554. The maximum atomic E-state index is 14.2. The Morgan fingerprint density at radius 3 is 1.98 bits per heavy atom. The Kier molecular flexibility index (Phi) is 23.2. The fourth-order valence-electron chi connectivity index (χ4n) is 6.50. The SMILES string of the molecule is C=CCCC(NC(=O)C1C(C(C)C)CCN1C(=O)C(NC(=O)NC(C)C)C1CCCCC1)C(=O)C(=O)NCCC(=O)CC(C)C.CC.CC. The standard InChI is InChI=1S/C34H57N5O6.2C2H6/c1-8-9-15-27(30(41)32(43)35-18-16-25(40)20-21(2)3)37-31(42)29-26(22(4)5)17-19-39(29)33(44)28(24-13-11-10-12-14-24)38-34(45)36-23(6)7;2*1-2/h8,21-24,26-29H,1,9-20H2,2-7H3,(H,35,43)(H,37,42)(H2,36,38,45);2*1-2H3. The van der Waals surface area contributed by atoms with E-state index in [0.717, 1.165) is 32.1 Å². The molecule has 0 bridgehead atoms. The molecule has 1 heterocycles. The quantitative estimate of drug-likeness (QED) is 0.113. The highest BCUT2D eigenvalue weighted by Gasteiger charge is 2.47. The molecule has 2 aliphatic rings. The Hall–Kier alpha value is -3.24. The van der Waals surface area contributed by atoms with Crippen molar-refractivity contribution in [2.45, 2.75) is 158 Å². The minimum atomic E-state index is -1.11. The van der Waals surface area contributed by atoms with Crippen molar-refractivity contribution >= 4 is 35.3 Å². The molecule has 0 aromatic carbocycles. The van der Waals surface area contributed by atoms with E-state index in [1.807, 2.05) is 69.2 Å². The molecule has 5 amide bonds. The van der Waals surface area contributed by atoms with Crippen molar-refractivity contribution in [1.82, 2.24) is 26.2 Å². The molecule has 11 nitrogen and oxygen atoms in total. The molecule has 1 saturated heterocycles. The molecule has 1 aliphatic heterocycles. The molecule has 2 fully saturated rings. The summed E-state index contributed by atoms with van der Waals surface area (Å²) in [4.78, 5) is 80.6. The molecule has 49 heavy (non-hydrogen) atoms. The highest BCUT2D eigenvalue weighted by Crippen LogP contribution is 2.34. The van der Waals surface area contributed by atoms with E-state index in [2.05, 4.69) is 27.8 Å². The molecule has 11 heteroatoms. The lowest BCUT2D eigenvalue weighted by molar-refractivity contribution is -0.144. The molecule has 1 saturated carbocycles. The molecular weight excluding hydrogens is 622 g/mol. The second-order valence-corrected chi connectivity index (χ2v) is 13.8. The van der Waals surface area contributed by atoms with E-state index >= 15 is 0 Å². The second-order valence-electron chi connectivity index (χ2n) is 13.8. The van der Waals surface area contributed by atoms with E-state index in [1.165, 1.54) is 0 Å². The zero-order chi connectivity index (χ0) is 37.7. The average Bonchev–Trinajstić information content (AvgIpc) is 3.52. The first-order valence-corrected chi connectivity index (χ1v) is 18.9. The van der Waals surface area contributed by atoms with Gasteiger partial charge in [0, 0.05) is 32.0 Å². The third-order valence-electron chi connectivity index (χ3n) is 8.79. The summed E-state index contributed by atoms with van der Waals surface area (Å²) >= 11 is 0. The third kappa shape index (κ3) is 15.9. The van der Waals surface area contributed by atoms with Crippen LogP contribution in [-0.2, 0) is 24.0 Å². The summed E-state index contributed by atoms with van der Waals surface area (Å²) in [5.41, 5.74) is 0. The average molecular weight is 692 g/mol. The predicted molar refractivity (Wildman–Crippen MR) is 197 cm³/mol. The number of carbonyl (C=O) groups excluding carboxylic acids is 6. The van der Waals surface area contributed by atoms with E-state index in [-0.39, 0.29) is 60.8 Å². The summed E-state index contributed by atoms with van der Waals surface area (Å²) in [6.07, 6.45) is 7.95. The molecule has 0 spiro atoms. The number of nitrogens with zero attached hydrogens (tertiary/aromatic N) is 1. The van der Waals surface area contributed by atoms with Crippen molar-refractivity contribution < 1.29 is 28.8 Å². The van der Waals surface area contributed by atoms with Gasteiger partial charge in [-0.1, -0.05) is 80.7 Å². The van der Waals surface area contributed by atoms with Crippen LogP contribution in [0, 0.1) is 23.7 Å². The number of allylic oxidation sites excluding steroid dienone is 1. The van der Waals surface area contributed by atoms with Crippen LogP contribution in [0.25, 0.3) is 0 Å². The van der Waals surface area contributed by atoms with E-state index in [0.29, 0.717) is 25.8 Å². The van der Waals surface area contributed by atoms with Crippen LogP contribution in [0.15, 0.2) is 12.7 Å². The summed E-state index contributed by atoms with van der Waals surface area (Å²) in [6, 6.07) is -3.26. The lowest BCUT2D eigenvalue weighted by atomic mass is 9.83. The van der Waals surface area contributed by atoms with Gasteiger partial charge >= 0.3 is 6.03 Å². The summed E-state index contributed by atoms with van der Waals surface area (Å²) < 4.78 is 0. The Labute approximate surface area is 296 Å². The molecule has 4 atom stereocenters. The maximum absolute atomic E-state index is 14.2. The van der Waals surface area contributed by atoms with E-state index < -0.39 is 41.8 Å². The largest absolute Gasteiger partial charge is 0.349 e. The van der Waals surface area contributed by atoms with Gasteiger partial charge in [-0.3, -0.25) is 24.0 Å². The van der Waals surface area contributed by atoms with Gasteiger partial charge in [-0.15, -0.1) is 6.58 Å². The Morgan fingerprint density at radius 1 is 0.837 bits per heavy atom. The van der Waals surface area contributed by atoms with Crippen LogP contribution in [0.3, 0.4) is 0 Å². The third-order valence-corrected chi connectivity index (χ3v) is 8.79. The van der Waals surface area contributed by atoms with E-state index in [9.17, 15) is 28.8 Å². The Bertz CT molecular complexity index is 1050. The predicted octanol–water partition coefficient (Wildman–Crippen LogP) is 5.71. The van der Waals surface area contributed by atoms with Crippen molar-refractivity contribution in [3.63, 3.8) is 0 Å². The van der Waals surface area contributed by atoms with Crippen molar-refractivity contribution in [3.8, 4) is 0 Å². The van der Waals surface area contributed by atoms with E-state index in [4.69, 9.17) is 0 Å². The van der Waals surface area contributed by atoms with Crippen molar-refractivity contribution in [3.05, 3.63) is 12.7 Å². The van der Waals surface area contributed by atoms with E-state index in [1.54, 1.807) is 11.0 Å². The highest BCUT2D eigenvalue weighted by atomic mass is 16.2. The zero-order valence-electron chi connectivity index (χ0n) is 32.3. The van der Waals surface area contributed by atoms with Crippen LogP contribution in [-0.4, -0.2) is 77.5 Å². The van der Waals surface area contributed by atoms with Gasteiger partial charge in [-0.05, 0) is 69.6 Å².